The molecule has 0 aliphatic rings. The summed E-state index contributed by atoms with van der Waals surface area (Å²) in [6.07, 6.45) is 1.59. The molecule has 0 bridgehead atoms. The van der Waals surface area contributed by atoms with Crippen LogP contribution in [0.5, 0.6) is 0 Å². The number of imidazole rings is 1. The maximum Gasteiger partial charge on any atom is 0.281 e. The van der Waals surface area contributed by atoms with Crippen LogP contribution < -0.4 is 0 Å². The number of nitrogens with zero attached hydrogens (tertiary/aromatic N) is 4. The second kappa shape index (κ2) is 5.08. The van der Waals surface area contributed by atoms with E-state index in [-0.39, 0.29) is 17.9 Å². The zero-order valence-electron chi connectivity index (χ0n) is 10.9. The van der Waals surface area contributed by atoms with Crippen molar-refractivity contribution in [3.05, 3.63) is 61.7 Å². The Bertz CT molecular complexity index is 693. The van der Waals surface area contributed by atoms with Crippen molar-refractivity contribution in [1.82, 2.24) is 9.55 Å². The molecule has 1 aromatic carbocycles. The molecule has 8 heteroatoms. The molecule has 0 atom stereocenters. The molecule has 0 aliphatic carbocycles. The fourth-order valence-corrected chi connectivity index (χ4v) is 1.86. The van der Waals surface area contributed by atoms with Crippen molar-refractivity contribution in [3.8, 4) is 0 Å². The molecule has 2 aromatic rings. The third-order valence-corrected chi connectivity index (χ3v) is 3.16. The molecular formula is C12H12N4O4. The van der Waals surface area contributed by atoms with Gasteiger partial charge in [-0.3, -0.25) is 20.2 Å². The van der Waals surface area contributed by atoms with E-state index in [1.807, 2.05) is 13.8 Å². The molecule has 0 saturated carbocycles. The second-order valence-corrected chi connectivity index (χ2v) is 4.37. The normalized spacial score (nSPS) is 10.5. The lowest BCUT2D eigenvalue weighted by atomic mass is 10.1. The molecule has 0 N–H and O–H groups in total. The Hall–Kier alpha value is -2.77. The van der Waals surface area contributed by atoms with Gasteiger partial charge in [0.2, 0.25) is 0 Å². The summed E-state index contributed by atoms with van der Waals surface area (Å²) < 4.78 is 1.77. The van der Waals surface area contributed by atoms with Crippen molar-refractivity contribution in [2.45, 2.75) is 20.4 Å². The van der Waals surface area contributed by atoms with Crippen LogP contribution in [0.25, 0.3) is 0 Å². The summed E-state index contributed by atoms with van der Waals surface area (Å²) >= 11 is 0. The van der Waals surface area contributed by atoms with Crippen molar-refractivity contribution < 1.29 is 9.85 Å². The number of hydrogen-bond donors (Lipinski definition) is 0. The fraction of sp³-hybridized carbons (Fsp3) is 0.250. The van der Waals surface area contributed by atoms with Crippen LogP contribution in [0.4, 0.5) is 11.4 Å². The number of aryl methyl sites for hydroxylation is 1. The van der Waals surface area contributed by atoms with Crippen molar-refractivity contribution in [2.24, 2.45) is 0 Å². The Kier molecular flexibility index (Phi) is 3.47. The topological polar surface area (TPSA) is 104 Å². The lowest BCUT2D eigenvalue weighted by Crippen LogP contribution is -2.04. The van der Waals surface area contributed by atoms with Gasteiger partial charge in [0.25, 0.3) is 11.4 Å². The Morgan fingerprint density at radius 2 is 1.90 bits per heavy atom. The van der Waals surface area contributed by atoms with Gasteiger partial charge >= 0.3 is 0 Å². The van der Waals surface area contributed by atoms with E-state index in [1.54, 1.807) is 10.9 Å². The largest absolute Gasteiger partial charge is 0.330 e. The molecule has 2 rings (SSSR count). The van der Waals surface area contributed by atoms with Crippen LogP contribution in [0.1, 0.15) is 17.0 Å². The van der Waals surface area contributed by atoms with Gasteiger partial charge in [-0.15, -0.1) is 0 Å². The number of hydrogen-bond acceptors (Lipinski definition) is 5. The van der Waals surface area contributed by atoms with Gasteiger partial charge in [0.1, 0.15) is 0 Å². The number of nitro groups is 2. The minimum absolute atomic E-state index is 0.251. The number of non-ortho nitro benzene ring substituents is 1. The molecule has 0 saturated heterocycles. The molecule has 0 spiro atoms. The predicted molar refractivity (Wildman–Crippen MR) is 70.6 cm³/mol. The SMILES string of the molecule is Cc1ncn(Cc2ccc([N+](=O)[O-])cc2[N+](=O)[O-])c1C. The van der Waals surface area contributed by atoms with Gasteiger partial charge in [-0.25, -0.2) is 4.98 Å². The van der Waals surface area contributed by atoms with E-state index in [4.69, 9.17) is 0 Å². The van der Waals surface area contributed by atoms with Crippen molar-refractivity contribution in [2.75, 3.05) is 0 Å². The highest BCUT2D eigenvalue weighted by atomic mass is 16.6. The predicted octanol–water partition coefficient (Wildman–Crippen LogP) is 2.36. The Labute approximate surface area is 114 Å². The summed E-state index contributed by atoms with van der Waals surface area (Å²) in [5.41, 5.74) is 1.59. The maximum absolute atomic E-state index is 11.0. The number of benzene rings is 1. The summed E-state index contributed by atoms with van der Waals surface area (Å²) in [7, 11) is 0. The number of nitro benzene ring substituents is 2. The average molecular weight is 276 g/mol. The smallest absolute Gasteiger partial charge is 0.281 e. The zero-order chi connectivity index (χ0) is 14.9. The molecular weight excluding hydrogens is 264 g/mol. The van der Waals surface area contributed by atoms with Crippen molar-refractivity contribution in [1.29, 1.82) is 0 Å². The standard InChI is InChI=1S/C12H12N4O4/c1-8-9(2)14(7-13-8)6-10-3-4-11(15(17)18)5-12(10)16(19)20/h3-5,7H,6H2,1-2H3. The zero-order valence-corrected chi connectivity index (χ0v) is 10.9. The molecule has 0 aliphatic heterocycles. The van der Waals surface area contributed by atoms with Crippen LogP contribution in [-0.4, -0.2) is 19.4 Å². The first-order valence-corrected chi connectivity index (χ1v) is 5.80. The highest BCUT2D eigenvalue weighted by Crippen LogP contribution is 2.25. The lowest BCUT2D eigenvalue weighted by Gasteiger charge is -2.06. The minimum Gasteiger partial charge on any atom is -0.330 e. The van der Waals surface area contributed by atoms with Crippen LogP contribution in [0.2, 0.25) is 0 Å². The summed E-state index contributed by atoms with van der Waals surface area (Å²) in [6, 6.07) is 3.65. The van der Waals surface area contributed by atoms with Crippen LogP contribution in [-0.2, 0) is 6.54 Å². The van der Waals surface area contributed by atoms with E-state index in [1.165, 1.54) is 12.1 Å². The van der Waals surface area contributed by atoms with Crippen LogP contribution >= 0.6 is 0 Å². The molecule has 20 heavy (non-hydrogen) atoms. The van der Waals surface area contributed by atoms with Gasteiger partial charge in [-0.1, -0.05) is 0 Å². The maximum atomic E-state index is 11.0. The molecule has 8 nitrogen and oxygen atoms in total. The number of aromatic nitrogens is 2. The molecule has 1 heterocycles. The molecule has 0 amide bonds. The van der Waals surface area contributed by atoms with Crippen molar-refractivity contribution >= 4 is 11.4 Å². The van der Waals surface area contributed by atoms with E-state index in [0.29, 0.717) is 5.56 Å². The van der Waals surface area contributed by atoms with E-state index in [2.05, 4.69) is 4.98 Å². The second-order valence-electron chi connectivity index (χ2n) is 4.37. The van der Waals surface area contributed by atoms with E-state index in [0.717, 1.165) is 17.5 Å². The van der Waals surface area contributed by atoms with E-state index < -0.39 is 9.85 Å². The van der Waals surface area contributed by atoms with Crippen molar-refractivity contribution in [3.63, 3.8) is 0 Å². The summed E-state index contributed by atoms with van der Waals surface area (Å²) in [5, 5.41) is 21.7. The van der Waals surface area contributed by atoms with Gasteiger partial charge in [0, 0.05) is 11.8 Å². The average Bonchev–Trinajstić information content (AvgIpc) is 2.70. The molecule has 0 unspecified atom stereocenters. The summed E-state index contributed by atoms with van der Waals surface area (Å²) in [4.78, 5) is 24.6. The molecule has 0 radical (unpaired) electrons. The van der Waals surface area contributed by atoms with Gasteiger partial charge in [0.05, 0.1) is 40.0 Å². The van der Waals surface area contributed by atoms with Gasteiger partial charge < -0.3 is 4.57 Å². The van der Waals surface area contributed by atoms with Crippen LogP contribution in [0.3, 0.4) is 0 Å². The Balaban J connectivity index is 2.43. The molecule has 0 fully saturated rings. The highest BCUT2D eigenvalue weighted by Gasteiger charge is 2.20. The van der Waals surface area contributed by atoms with Crippen LogP contribution in [0, 0.1) is 34.1 Å². The first kappa shape index (κ1) is 13.7. The summed E-state index contributed by atoms with van der Waals surface area (Å²) in [5.74, 6) is 0. The third kappa shape index (κ3) is 2.48. The Morgan fingerprint density at radius 3 is 2.40 bits per heavy atom. The van der Waals surface area contributed by atoms with E-state index >= 15 is 0 Å². The third-order valence-electron chi connectivity index (χ3n) is 3.16. The monoisotopic (exact) mass is 276 g/mol. The lowest BCUT2D eigenvalue weighted by molar-refractivity contribution is -0.394. The number of rotatable bonds is 4. The summed E-state index contributed by atoms with van der Waals surface area (Å²) in [6.45, 7) is 3.95. The van der Waals surface area contributed by atoms with Gasteiger partial charge in [-0.2, -0.15) is 0 Å². The highest BCUT2D eigenvalue weighted by molar-refractivity contribution is 5.49. The van der Waals surface area contributed by atoms with E-state index in [9.17, 15) is 20.2 Å². The minimum atomic E-state index is -0.649. The quantitative estimate of drug-likeness (QED) is 0.629. The Morgan fingerprint density at radius 1 is 1.20 bits per heavy atom. The molecule has 104 valence electrons. The van der Waals surface area contributed by atoms with Crippen LogP contribution in [0.15, 0.2) is 24.5 Å². The first-order chi connectivity index (χ1) is 9.40. The first-order valence-electron chi connectivity index (χ1n) is 5.80. The van der Waals surface area contributed by atoms with Gasteiger partial charge in [0.15, 0.2) is 0 Å². The molecule has 1 aromatic heterocycles. The fourth-order valence-electron chi connectivity index (χ4n) is 1.86. The van der Waals surface area contributed by atoms with Gasteiger partial charge in [-0.05, 0) is 19.9 Å².